The van der Waals surface area contributed by atoms with Crippen LogP contribution in [0.2, 0.25) is 0 Å². The van der Waals surface area contributed by atoms with Gasteiger partial charge in [0.1, 0.15) is 29.2 Å². The molecule has 10 heteroatoms. The van der Waals surface area contributed by atoms with Crippen molar-refractivity contribution in [2.45, 2.75) is 18.6 Å². The maximum absolute atomic E-state index is 14.2. The van der Waals surface area contributed by atoms with Gasteiger partial charge in [-0.1, -0.05) is 0 Å². The number of carboxylic acid groups (broad SMARTS) is 1. The van der Waals surface area contributed by atoms with Gasteiger partial charge in [-0.3, -0.25) is 0 Å². The molecular weight excluding hydrogens is 363 g/mol. The highest BCUT2D eigenvalue weighted by molar-refractivity contribution is 5.99. The number of rotatable bonds is 3. The number of hydrogen-bond acceptors (Lipinski definition) is 5. The number of carboxylic acids is 1. The molecule has 1 fully saturated rings. The number of alkyl halides is 1. The van der Waals surface area contributed by atoms with Crippen LogP contribution in [0.1, 0.15) is 28.4 Å². The smallest absolute Gasteiger partial charge is 0.343 e. The zero-order valence-electron chi connectivity index (χ0n) is 13.8. The molecule has 2 atom stereocenters. The molecule has 0 aliphatic carbocycles. The first-order valence-corrected chi connectivity index (χ1v) is 8.09. The Morgan fingerprint density at radius 2 is 2.07 bits per heavy atom. The fraction of sp³-hybridized carbons (Fsp3) is 0.235. The molecule has 4 rings (SSSR count). The van der Waals surface area contributed by atoms with Crippen LogP contribution in [0.4, 0.5) is 24.8 Å². The second-order valence-corrected chi connectivity index (χ2v) is 6.29. The first-order valence-electron chi connectivity index (χ1n) is 8.09. The van der Waals surface area contributed by atoms with E-state index in [2.05, 4.69) is 10.1 Å². The number of nitrogens with zero attached hydrogens (tertiary/aromatic N) is 4. The van der Waals surface area contributed by atoms with E-state index in [0.717, 1.165) is 18.2 Å². The van der Waals surface area contributed by atoms with Crippen molar-refractivity contribution in [1.29, 1.82) is 0 Å². The van der Waals surface area contributed by atoms with Crippen molar-refractivity contribution in [2.24, 2.45) is 0 Å². The number of anilines is 2. The number of aromatic carboxylic acids is 1. The van der Waals surface area contributed by atoms with Gasteiger partial charge in [0, 0.05) is 18.2 Å². The molecule has 3 heterocycles. The normalized spacial score (nSPS) is 19.7. The van der Waals surface area contributed by atoms with E-state index < -0.39 is 29.8 Å². The van der Waals surface area contributed by atoms with Gasteiger partial charge in [0.25, 0.3) is 0 Å². The van der Waals surface area contributed by atoms with E-state index in [4.69, 9.17) is 5.73 Å². The summed E-state index contributed by atoms with van der Waals surface area (Å²) in [7, 11) is 0. The summed E-state index contributed by atoms with van der Waals surface area (Å²) in [5.41, 5.74) is 5.34. The summed E-state index contributed by atoms with van der Waals surface area (Å²) in [6, 6.07) is 3.73. The van der Waals surface area contributed by atoms with Gasteiger partial charge >= 0.3 is 5.97 Å². The molecule has 0 radical (unpaired) electrons. The van der Waals surface area contributed by atoms with Crippen LogP contribution in [0.25, 0.3) is 5.65 Å². The van der Waals surface area contributed by atoms with Crippen molar-refractivity contribution in [2.75, 3.05) is 17.2 Å². The minimum absolute atomic E-state index is 0.0155. The van der Waals surface area contributed by atoms with Crippen molar-refractivity contribution in [1.82, 2.24) is 14.6 Å². The summed E-state index contributed by atoms with van der Waals surface area (Å²) in [5, 5.41) is 13.2. The molecule has 1 aromatic carbocycles. The second-order valence-electron chi connectivity index (χ2n) is 6.29. The van der Waals surface area contributed by atoms with Crippen LogP contribution in [0.15, 0.2) is 30.5 Å². The Bertz CT molecular complexity index is 1050. The van der Waals surface area contributed by atoms with Crippen molar-refractivity contribution in [3.8, 4) is 0 Å². The Hall–Kier alpha value is -3.30. The fourth-order valence-electron chi connectivity index (χ4n) is 3.40. The molecule has 7 nitrogen and oxygen atoms in total. The van der Waals surface area contributed by atoms with E-state index in [-0.39, 0.29) is 41.4 Å². The highest BCUT2D eigenvalue weighted by Crippen LogP contribution is 2.38. The predicted molar refractivity (Wildman–Crippen MR) is 90.3 cm³/mol. The molecular formula is C17H14F3N5O2. The predicted octanol–water partition coefficient (Wildman–Crippen LogP) is 2.58. The summed E-state index contributed by atoms with van der Waals surface area (Å²) in [4.78, 5) is 17.1. The van der Waals surface area contributed by atoms with Crippen molar-refractivity contribution in [3.63, 3.8) is 0 Å². The van der Waals surface area contributed by atoms with Crippen molar-refractivity contribution in [3.05, 3.63) is 53.2 Å². The topological polar surface area (TPSA) is 96.8 Å². The lowest BCUT2D eigenvalue weighted by Crippen LogP contribution is -2.25. The maximum Gasteiger partial charge on any atom is 0.343 e. The fourth-order valence-corrected chi connectivity index (χ4v) is 3.40. The van der Waals surface area contributed by atoms with Crippen LogP contribution in [-0.4, -0.2) is 38.4 Å². The number of aromatic nitrogens is 3. The molecule has 1 aliphatic heterocycles. The number of nitrogen functional groups attached to an aromatic ring is 1. The van der Waals surface area contributed by atoms with Crippen LogP contribution in [-0.2, 0) is 0 Å². The summed E-state index contributed by atoms with van der Waals surface area (Å²) < 4.78 is 43.1. The molecule has 0 saturated carbocycles. The van der Waals surface area contributed by atoms with Gasteiger partial charge in [0.2, 0.25) is 0 Å². The first-order chi connectivity index (χ1) is 12.8. The molecule has 0 amide bonds. The van der Waals surface area contributed by atoms with Gasteiger partial charge < -0.3 is 15.7 Å². The first kappa shape index (κ1) is 17.1. The second kappa shape index (κ2) is 6.15. The van der Waals surface area contributed by atoms with E-state index in [1.807, 2.05) is 0 Å². The number of halogens is 3. The van der Waals surface area contributed by atoms with Gasteiger partial charge in [-0.15, -0.1) is 5.10 Å². The van der Waals surface area contributed by atoms with Gasteiger partial charge in [-0.2, -0.15) is 0 Å². The lowest BCUT2D eigenvalue weighted by molar-refractivity contribution is 0.0700. The minimum Gasteiger partial charge on any atom is -0.477 e. The summed E-state index contributed by atoms with van der Waals surface area (Å²) in [6.07, 6.45) is 0.121. The Morgan fingerprint density at radius 3 is 2.81 bits per heavy atom. The zero-order valence-corrected chi connectivity index (χ0v) is 13.8. The summed E-state index contributed by atoms with van der Waals surface area (Å²) in [5.74, 6) is -2.57. The van der Waals surface area contributed by atoms with Gasteiger partial charge in [0.15, 0.2) is 11.5 Å². The number of nitrogens with two attached hydrogens (primary N) is 1. The Kier molecular flexibility index (Phi) is 3.90. The number of hydrogen-bond donors (Lipinski definition) is 2. The highest BCUT2D eigenvalue weighted by Gasteiger charge is 2.36. The quantitative estimate of drug-likeness (QED) is 0.728. The highest BCUT2D eigenvalue weighted by atomic mass is 19.1. The standard InChI is InChI=1S/C17H14F3N5O2/c18-8-1-2-11(20)10(5-8)12-6-9(19)7-24(12)13-3-4-25-16(22-13)14(17(26)27)15(21)23-25/h1-5,9,12H,6-7H2,(H2,21,23)(H,26,27)/t9-,12+/m0/s1. The van der Waals surface area contributed by atoms with E-state index in [1.165, 1.54) is 21.7 Å². The minimum atomic E-state index is -1.30. The molecule has 27 heavy (non-hydrogen) atoms. The lowest BCUT2D eigenvalue weighted by atomic mass is 10.0. The molecule has 2 aromatic heterocycles. The number of carbonyl (C=O) groups is 1. The molecule has 140 valence electrons. The maximum atomic E-state index is 14.2. The lowest BCUT2D eigenvalue weighted by Gasteiger charge is -2.26. The van der Waals surface area contributed by atoms with Crippen LogP contribution < -0.4 is 10.6 Å². The van der Waals surface area contributed by atoms with Crippen molar-refractivity contribution < 1.29 is 23.1 Å². The average molecular weight is 377 g/mol. The summed E-state index contributed by atoms with van der Waals surface area (Å²) in [6.45, 7) is -0.0875. The Morgan fingerprint density at radius 1 is 1.30 bits per heavy atom. The molecule has 0 unspecified atom stereocenters. The van der Waals surface area contributed by atoms with Gasteiger partial charge in [-0.05, 0) is 24.3 Å². The molecule has 3 N–H and O–H groups in total. The molecule has 1 aliphatic rings. The Labute approximate surface area is 150 Å². The van der Waals surface area contributed by atoms with E-state index >= 15 is 0 Å². The van der Waals surface area contributed by atoms with Crippen LogP contribution in [0.3, 0.4) is 0 Å². The zero-order chi connectivity index (χ0) is 19.3. The largest absolute Gasteiger partial charge is 0.477 e. The Balaban J connectivity index is 1.82. The van der Waals surface area contributed by atoms with Gasteiger partial charge in [-0.25, -0.2) is 27.5 Å². The molecule has 0 bridgehead atoms. The average Bonchev–Trinajstić information content (AvgIpc) is 3.15. The monoisotopic (exact) mass is 377 g/mol. The third kappa shape index (κ3) is 2.82. The summed E-state index contributed by atoms with van der Waals surface area (Å²) >= 11 is 0. The number of fused-ring (bicyclic) bond motifs is 1. The van der Waals surface area contributed by atoms with Gasteiger partial charge in [0.05, 0.1) is 12.6 Å². The van der Waals surface area contributed by atoms with Crippen LogP contribution in [0, 0.1) is 11.6 Å². The third-order valence-corrected chi connectivity index (χ3v) is 4.57. The van der Waals surface area contributed by atoms with Crippen LogP contribution >= 0.6 is 0 Å². The van der Waals surface area contributed by atoms with E-state index in [1.54, 1.807) is 0 Å². The van der Waals surface area contributed by atoms with E-state index in [9.17, 15) is 23.1 Å². The van der Waals surface area contributed by atoms with Crippen molar-refractivity contribution >= 4 is 23.3 Å². The van der Waals surface area contributed by atoms with E-state index in [0.29, 0.717) is 0 Å². The molecule has 1 saturated heterocycles. The SMILES string of the molecule is Nc1nn2ccc(N3C[C@@H](F)C[C@@H]3c3cc(F)ccc3F)nc2c1C(=O)O. The van der Waals surface area contributed by atoms with Crippen LogP contribution in [0.5, 0.6) is 0 Å². The molecule has 3 aromatic rings. The number of benzene rings is 1. The third-order valence-electron chi connectivity index (χ3n) is 4.57. The molecule has 0 spiro atoms.